The lowest BCUT2D eigenvalue weighted by atomic mass is 10.2. The molecule has 0 spiro atoms. The number of aliphatic carboxylic acids is 2. The zero-order valence-electron chi connectivity index (χ0n) is 17.4. The number of fused-ring (bicyclic) bond motifs is 1. The van der Waals surface area contributed by atoms with Gasteiger partial charge in [-0.15, -0.1) is 0 Å². The van der Waals surface area contributed by atoms with Gasteiger partial charge in [-0.1, -0.05) is 12.1 Å². The number of rotatable bonds is 5. The van der Waals surface area contributed by atoms with Gasteiger partial charge in [-0.2, -0.15) is 0 Å². The summed E-state index contributed by atoms with van der Waals surface area (Å²) in [6, 6.07) is 7.56. The maximum atomic E-state index is 12.4. The van der Waals surface area contributed by atoms with Crippen molar-refractivity contribution in [3.63, 3.8) is 0 Å². The molecule has 1 fully saturated rings. The molecule has 0 radical (unpaired) electrons. The SMILES string of the molecule is CN1CCN(CCC2CN(C)C(=O)c3ccccc3O2)CC1.O=C(O)/C=C/C(=O)O. The van der Waals surface area contributed by atoms with Crippen molar-refractivity contribution < 1.29 is 29.3 Å². The highest BCUT2D eigenvalue weighted by molar-refractivity contribution is 5.97. The Morgan fingerprint density at radius 3 is 2.27 bits per heavy atom. The van der Waals surface area contributed by atoms with Gasteiger partial charge in [0.25, 0.3) is 5.91 Å². The number of carbonyl (C=O) groups excluding carboxylic acids is 1. The van der Waals surface area contributed by atoms with Crippen LogP contribution >= 0.6 is 0 Å². The first-order valence-corrected chi connectivity index (χ1v) is 9.82. The van der Waals surface area contributed by atoms with Crippen molar-refractivity contribution in [3.05, 3.63) is 42.0 Å². The summed E-state index contributed by atoms with van der Waals surface area (Å²) < 4.78 is 6.11. The van der Waals surface area contributed by atoms with E-state index >= 15 is 0 Å². The van der Waals surface area contributed by atoms with Crippen molar-refractivity contribution >= 4 is 17.8 Å². The fourth-order valence-electron chi connectivity index (χ4n) is 3.25. The summed E-state index contributed by atoms with van der Waals surface area (Å²) in [6.07, 6.45) is 2.14. The van der Waals surface area contributed by atoms with Gasteiger partial charge >= 0.3 is 11.9 Å². The Labute approximate surface area is 176 Å². The highest BCUT2D eigenvalue weighted by Crippen LogP contribution is 2.25. The van der Waals surface area contributed by atoms with E-state index in [0.29, 0.717) is 24.3 Å². The predicted molar refractivity (Wildman–Crippen MR) is 111 cm³/mol. The first-order valence-electron chi connectivity index (χ1n) is 9.82. The minimum absolute atomic E-state index is 0.0534. The minimum atomic E-state index is -1.26. The lowest BCUT2D eigenvalue weighted by molar-refractivity contribution is -0.134. The Morgan fingerprint density at radius 2 is 1.67 bits per heavy atom. The van der Waals surface area contributed by atoms with E-state index in [1.54, 1.807) is 4.90 Å². The number of benzene rings is 1. The average Bonchev–Trinajstić information content (AvgIpc) is 2.83. The number of hydrogen-bond donors (Lipinski definition) is 2. The van der Waals surface area contributed by atoms with E-state index in [0.717, 1.165) is 44.9 Å². The van der Waals surface area contributed by atoms with Gasteiger partial charge in [0, 0.05) is 51.9 Å². The van der Waals surface area contributed by atoms with Gasteiger partial charge in [-0.25, -0.2) is 9.59 Å². The van der Waals surface area contributed by atoms with E-state index < -0.39 is 11.9 Å². The number of hydrogen-bond acceptors (Lipinski definition) is 6. The molecule has 1 saturated heterocycles. The van der Waals surface area contributed by atoms with Crippen LogP contribution in [0.25, 0.3) is 0 Å². The molecule has 1 atom stereocenters. The topological polar surface area (TPSA) is 111 Å². The van der Waals surface area contributed by atoms with Crippen LogP contribution in [0.1, 0.15) is 16.8 Å². The second-order valence-electron chi connectivity index (χ2n) is 7.37. The molecular formula is C21H29N3O6. The zero-order chi connectivity index (χ0) is 22.1. The molecule has 1 aromatic rings. The van der Waals surface area contributed by atoms with E-state index in [-0.39, 0.29) is 12.0 Å². The molecule has 3 rings (SSSR count). The van der Waals surface area contributed by atoms with Crippen molar-refractivity contribution in [2.45, 2.75) is 12.5 Å². The van der Waals surface area contributed by atoms with Crippen LogP contribution in [-0.2, 0) is 9.59 Å². The van der Waals surface area contributed by atoms with Crippen molar-refractivity contribution in [2.75, 3.05) is 53.4 Å². The van der Waals surface area contributed by atoms with Crippen LogP contribution in [0.2, 0.25) is 0 Å². The van der Waals surface area contributed by atoms with E-state index in [4.69, 9.17) is 14.9 Å². The Balaban J connectivity index is 0.000000343. The van der Waals surface area contributed by atoms with Gasteiger partial charge < -0.3 is 29.6 Å². The second kappa shape index (κ2) is 11.3. The lowest BCUT2D eigenvalue weighted by Gasteiger charge is -2.33. The molecule has 0 bridgehead atoms. The summed E-state index contributed by atoms with van der Waals surface area (Å²) in [7, 11) is 4.03. The third-order valence-corrected chi connectivity index (χ3v) is 4.97. The molecule has 1 aromatic carbocycles. The van der Waals surface area contributed by atoms with Crippen LogP contribution in [0, 0.1) is 0 Å². The molecule has 164 valence electrons. The molecule has 0 aliphatic carbocycles. The lowest BCUT2D eigenvalue weighted by Crippen LogP contribution is -2.46. The van der Waals surface area contributed by atoms with Crippen LogP contribution in [-0.4, -0.2) is 102 Å². The molecule has 9 nitrogen and oxygen atoms in total. The number of piperazine rings is 1. The average molecular weight is 419 g/mol. The fraction of sp³-hybridized carbons (Fsp3) is 0.476. The Kier molecular flexibility index (Phi) is 8.82. The number of carboxylic acid groups (broad SMARTS) is 2. The molecule has 30 heavy (non-hydrogen) atoms. The molecular weight excluding hydrogens is 390 g/mol. The van der Waals surface area contributed by atoms with Crippen LogP contribution in [0.5, 0.6) is 5.75 Å². The van der Waals surface area contributed by atoms with Gasteiger partial charge in [-0.05, 0) is 25.6 Å². The van der Waals surface area contributed by atoms with Crippen molar-refractivity contribution in [1.82, 2.24) is 14.7 Å². The number of ether oxygens (including phenoxy) is 1. The van der Waals surface area contributed by atoms with Gasteiger partial charge in [-0.3, -0.25) is 4.79 Å². The smallest absolute Gasteiger partial charge is 0.328 e. The summed E-state index contributed by atoms with van der Waals surface area (Å²) in [4.78, 5) is 38.1. The molecule has 1 unspecified atom stereocenters. The van der Waals surface area contributed by atoms with E-state index in [1.165, 1.54) is 0 Å². The minimum Gasteiger partial charge on any atom is -0.488 e. The standard InChI is InChI=1S/C17H25N3O2.C4H4O4/c1-18-9-11-20(12-10-18)8-7-14-13-19(2)17(21)15-5-3-4-6-16(15)22-14;5-3(6)1-2-4(7)8/h3-6,14H,7-13H2,1-2H3;1-2H,(H,5,6)(H,7,8)/b;2-1+. The number of para-hydroxylation sites is 1. The second-order valence-corrected chi connectivity index (χ2v) is 7.37. The third-order valence-electron chi connectivity index (χ3n) is 4.97. The largest absolute Gasteiger partial charge is 0.488 e. The molecule has 0 aromatic heterocycles. The Bertz CT molecular complexity index is 758. The summed E-state index contributed by atoms with van der Waals surface area (Å²) >= 11 is 0. The van der Waals surface area contributed by atoms with Crippen LogP contribution < -0.4 is 4.74 Å². The van der Waals surface area contributed by atoms with Crippen LogP contribution in [0.3, 0.4) is 0 Å². The molecule has 2 N–H and O–H groups in total. The number of amides is 1. The fourth-order valence-corrected chi connectivity index (χ4v) is 3.25. The summed E-state index contributed by atoms with van der Waals surface area (Å²) in [5.41, 5.74) is 0.673. The number of carboxylic acids is 2. The maximum absolute atomic E-state index is 12.4. The Hall–Kier alpha value is -2.91. The van der Waals surface area contributed by atoms with Crippen molar-refractivity contribution in [2.24, 2.45) is 0 Å². The normalized spacial score (nSPS) is 20.0. The van der Waals surface area contributed by atoms with E-state index in [1.807, 2.05) is 31.3 Å². The first-order chi connectivity index (χ1) is 14.3. The Morgan fingerprint density at radius 1 is 1.07 bits per heavy atom. The number of nitrogens with zero attached hydrogens (tertiary/aromatic N) is 3. The highest BCUT2D eigenvalue weighted by atomic mass is 16.5. The number of likely N-dealkylation sites (N-methyl/N-ethyl adjacent to an activating group) is 2. The van der Waals surface area contributed by atoms with Crippen LogP contribution in [0.4, 0.5) is 0 Å². The van der Waals surface area contributed by atoms with Gasteiger partial charge in [0.1, 0.15) is 11.9 Å². The molecule has 2 aliphatic rings. The number of carbonyl (C=O) groups is 3. The van der Waals surface area contributed by atoms with Gasteiger partial charge in [0.05, 0.1) is 12.1 Å². The van der Waals surface area contributed by atoms with E-state index in [2.05, 4.69) is 16.8 Å². The molecule has 9 heteroatoms. The predicted octanol–water partition coefficient (Wildman–Crippen LogP) is 0.869. The molecule has 1 amide bonds. The molecule has 0 saturated carbocycles. The van der Waals surface area contributed by atoms with Crippen molar-refractivity contribution in [3.8, 4) is 5.75 Å². The quantitative estimate of drug-likeness (QED) is 0.677. The first kappa shape index (κ1) is 23.4. The summed E-state index contributed by atoms with van der Waals surface area (Å²) in [5, 5.41) is 15.6. The monoisotopic (exact) mass is 419 g/mol. The van der Waals surface area contributed by atoms with E-state index in [9.17, 15) is 14.4 Å². The highest BCUT2D eigenvalue weighted by Gasteiger charge is 2.26. The van der Waals surface area contributed by atoms with Gasteiger partial charge in [0.15, 0.2) is 0 Å². The summed E-state index contributed by atoms with van der Waals surface area (Å²) in [5.74, 6) is -1.74. The summed E-state index contributed by atoms with van der Waals surface area (Å²) in [6.45, 7) is 6.19. The third kappa shape index (κ3) is 7.49. The van der Waals surface area contributed by atoms with Gasteiger partial charge in [0.2, 0.25) is 0 Å². The van der Waals surface area contributed by atoms with Crippen LogP contribution in [0.15, 0.2) is 36.4 Å². The molecule has 2 aliphatic heterocycles. The molecule has 2 heterocycles. The zero-order valence-corrected chi connectivity index (χ0v) is 17.4. The van der Waals surface area contributed by atoms with Crippen molar-refractivity contribution in [1.29, 1.82) is 0 Å². The maximum Gasteiger partial charge on any atom is 0.328 e.